The molecule has 0 saturated carbocycles. The van der Waals surface area contributed by atoms with Crippen LogP contribution in [0.25, 0.3) is 0 Å². The summed E-state index contributed by atoms with van der Waals surface area (Å²) in [6, 6.07) is 20.9. The first-order valence-corrected chi connectivity index (χ1v) is 8.83. The first-order valence-electron chi connectivity index (χ1n) is 8.83. The molecule has 0 atom stereocenters. The standard InChI is InChI=1S/C21H17N5O4/c27-18(14-8-3-1-4-9-14)23-25-20(29)16-12-7-13-17(22-16)21(30)26-24-19(28)15-10-5-2-6-11-15/h1-13H,(H,23,27)(H,24,28)(H,25,29)(H,26,30). The van der Waals surface area contributed by atoms with Crippen molar-refractivity contribution in [1.82, 2.24) is 26.7 Å². The van der Waals surface area contributed by atoms with Gasteiger partial charge in [-0.3, -0.25) is 40.9 Å². The van der Waals surface area contributed by atoms with Gasteiger partial charge in [-0.05, 0) is 36.4 Å². The Balaban J connectivity index is 1.56. The van der Waals surface area contributed by atoms with E-state index in [4.69, 9.17) is 0 Å². The Hall–Kier alpha value is -4.53. The van der Waals surface area contributed by atoms with Gasteiger partial charge in [0.2, 0.25) is 0 Å². The number of amides is 4. The minimum absolute atomic E-state index is 0.0922. The molecule has 0 radical (unpaired) electrons. The van der Waals surface area contributed by atoms with E-state index in [1.165, 1.54) is 18.2 Å². The zero-order chi connectivity index (χ0) is 21.3. The van der Waals surface area contributed by atoms with Crippen molar-refractivity contribution in [2.75, 3.05) is 0 Å². The van der Waals surface area contributed by atoms with Gasteiger partial charge in [-0.15, -0.1) is 0 Å². The summed E-state index contributed by atoms with van der Waals surface area (Å²) in [5.41, 5.74) is 9.55. The third-order valence-electron chi connectivity index (χ3n) is 3.87. The van der Waals surface area contributed by atoms with Crippen LogP contribution < -0.4 is 21.7 Å². The molecule has 3 aromatic rings. The van der Waals surface area contributed by atoms with Crippen molar-refractivity contribution in [3.05, 3.63) is 101 Å². The van der Waals surface area contributed by atoms with E-state index in [1.54, 1.807) is 60.7 Å². The highest BCUT2D eigenvalue weighted by molar-refractivity contribution is 6.00. The zero-order valence-electron chi connectivity index (χ0n) is 15.6. The van der Waals surface area contributed by atoms with E-state index in [2.05, 4.69) is 26.7 Å². The lowest BCUT2D eigenvalue weighted by Gasteiger charge is -2.09. The molecule has 0 bridgehead atoms. The molecule has 4 amide bonds. The van der Waals surface area contributed by atoms with Gasteiger partial charge in [-0.2, -0.15) is 0 Å². The van der Waals surface area contributed by atoms with Crippen LogP contribution in [0.15, 0.2) is 78.9 Å². The van der Waals surface area contributed by atoms with E-state index in [0.717, 1.165) is 0 Å². The molecule has 2 aromatic carbocycles. The Morgan fingerprint density at radius 2 is 0.833 bits per heavy atom. The van der Waals surface area contributed by atoms with Crippen LogP contribution in [0.5, 0.6) is 0 Å². The summed E-state index contributed by atoms with van der Waals surface area (Å²) < 4.78 is 0. The van der Waals surface area contributed by atoms with E-state index >= 15 is 0 Å². The summed E-state index contributed by atoms with van der Waals surface area (Å²) in [7, 11) is 0. The highest BCUT2D eigenvalue weighted by Gasteiger charge is 2.14. The van der Waals surface area contributed by atoms with Gasteiger partial charge in [0, 0.05) is 11.1 Å². The fraction of sp³-hybridized carbons (Fsp3) is 0. The largest absolute Gasteiger partial charge is 0.288 e. The molecule has 4 N–H and O–H groups in total. The average molecular weight is 403 g/mol. The Kier molecular flexibility index (Phi) is 6.47. The fourth-order valence-corrected chi connectivity index (χ4v) is 2.37. The smallest absolute Gasteiger partial charge is 0.267 e. The minimum atomic E-state index is -0.706. The molecule has 0 aliphatic heterocycles. The maximum atomic E-state index is 12.2. The third-order valence-corrected chi connectivity index (χ3v) is 3.87. The SMILES string of the molecule is O=C(NNC(=O)c1cccc(C(=O)NNC(=O)c2ccccc2)n1)c1ccccc1. The molecule has 30 heavy (non-hydrogen) atoms. The number of hydrazine groups is 2. The number of hydrogen-bond acceptors (Lipinski definition) is 5. The molecule has 0 aliphatic carbocycles. The summed E-state index contributed by atoms with van der Waals surface area (Å²) >= 11 is 0. The number of hydrogen-bond donors (Lipinski definition) is 4. The van der Waals surface area contributed by atoms with Gasteiger partial charge >= 0.3 is 0 Å². The highest BCUT2D eigenvalue weighted by Crippen LogP contribution is 2.01. The van der Waals surface area contributed by atoms with Gasteiger partial charge in [0.15, 0.2) is 0 Å². The number of carbonyl (C=O) groups is 4. The average Bonchev–Trinajstić information content (AvgIpc) is 2.81. The molecule has 0 aliphatic rings. The first kappa shape index (κ1) is 20.2. The van der Waals surface area contributed by atoms with Crippen LogP contribution in [0.2, 0.25) is 0 Å². The van der Waals surface area contributed by atoms with Crippen molar-refractivity contribution < 1.29 is 19.2 Å². The second-order valence-corrected chi connectivity index (χ2v) is 5.96. The van der Waals surface area contributed by atoms with Crippen LogP contribution in [0.1, 0.15) is 41.7 Å². The summed E-state index contributed by atoms with van der Waals surface area (Å²) in [6.07, 6.45) is 0. The highest BCUT2D eigenvalue weighted by atomic mass is 16.2. The second kappa shape index (κ2) is 9.60. The first-order chi connectivity index (χ1) is 14.5. The maximum Gasteiger partial charge on any atom is 0.288 e. The van der Waals surface area contributed by atoms with E-state index < -0.39 is 23.6 Å². The van der Waals surface area contributed by atoms with Gasteiger partial charge in [0.25, 0.3) is 23.6 Å². The van der Waals surface area contributed by atoms with Gasteiger partial charge < -0.3 is 0 Å². The molecule has 1 aromatic heterocycles. The summed E-state index contributed by atoms with van der Waals surface area (Å²) in [5, 5.41) is 0. The van der Waals surface area contributed by atoms with Crippen LogP contribution in [-0.4, -0.2) is 28.6 Å². The fourth-order valence-electron chi connectivity index (χ4n) is 2.37. The van der Waals surface area contributed by atoms with E-state index in [0.29, 0.717) is 11.1 Å². The van der Waals surface area contributed by atoms with Crippen LogP contribution in [-0.2, 0) is 0 Å². The van der Waals surface area contributed by atoms with Crippen molar-refractivity contribution in [3.63, 3.8) is 0 Å². The molecule has 150 valence electrons. The monoisotopic (exact) mass is 403 g/mol. The van der Waals surface area contributed by atoms with Gasteiger partial charge in [-0.25, -0.2) is 4.98 Å². The maximum absolute atomic E-state index is 12.2. The molecule has 1 heterocycles. The van der Waals surface area contributed by atoms with Crippen molar-refractivity contribution >= 4 is 23.6 Å². The lowest BCUT2D eigenvalue weighted by molar-refractivity contribution is 0.0836. The van der Waals surface area contributed by atoms with Crippen LogP contribution in [0.3, 0.4) is 0 Å². The lowest BCUT2D eigenvalue weighted by Crippen LogP contribution is -2.43. The number of carbonyl (C=O) groups excluding carboxylic acids is 4. The Bertz CT molecular complexity index is 988. The third kappa shape index (κ3) is 5.26. The molecule has 9 nitrogen and oxygen atoms in total. The van der Waals surface area contributed by atoms with Crippen molar-refractivity contribution in [3.8, 4) is 0 Å². The van der Waals surface area contributed by atoms with Crippen molar-refractivity contribution in [1.29, 1.82) is 0 Å². The number of aromatic nitrogens is 1. The number of rotatable bonds is 4. The second-order valence-electron chi connectivity index (χ2n) is 5.96. The van der Waals surface area contributed by atoms with Gasteiger partial charge in [-0.1, -0.05) is 42.5 Å². The number of nitrogens with one attached hydrogen (secondary N) is 4. The lowest BCUT2D eigenvalue weighted by atomic mass is 10.2. The summed E-state index contributed by atoms with van der Waals surface area (Å²) in [5.74, 6) is -2.41. The molecule has 9 heteroatoms. The Morgan fingerprint density at radius 3 is 1.23 bits per heavy atom. The summed E-state index contributed by atoms with van der Waals surface area (Å²) in [4.78, 5) is 52.3. The summed E-state index contributed by atoms with van der Waals surface area (Å²) in [6.45, 7) is 0. The van der Waals surface area contributed by atoms with E-state index in [1.807, 2.05) is 0 Å². The van der Waals surface area contributed by atoms with E-state index in [9.17, 15) is 19.2 Å². The van der Waals surface area contributed by atoms with Crippen LogP contribution in [0, 0.1) is 0 Å². The molecular weight excluding hydrogens is 386 g/mol. The van der Waals surface area contributed by atoms with Crippen molar-refractivity contribution in [2.45, 2.75) is 0 Å². The van der Waals surface area contributed by atoms with Crippen LogP contribution in [0.4, 0.5) is 0 Å². The molecular formula is C21H17N5O4. The zero-order valence-corrected chi connectivity index (χ0v) is 15.6. The molecule has 0 saturated heterocycles. The van der Waals surface area contributed by atoms with Crippen molar-refractivity contribution in [2.24, 2.45) is 0 Å². The van der Waals surface area contributed by atoms with Gasteiger partial charge in [0.1, 0.15) is 11.4 Å². The van der Waals surface area contributed by atoms with Crippen LogP contribution >= 0.6 is 0 Å². The van der Waals surface area contributed by atoms with Gasteiger partial charge in [0.05, 0.1) is 0 Å². The predicted molar refractivity (Wildman–Crippen MR) is 107 cm³/mol. The van der Waals surface area contributed by atoms with E-state index in [-0.39, 0.29) is 11.4 Å². The minimum Gasteiger partial charge on any atom is -0.267 e. The quantitative estimate of drug-likeness (QED) is 0.487. The molecule has 0 unspecified atom stereocenters. The predicted octanol–water partition coefficient (Wildman–Crippen LogP) is 1.23. The Morgan fingerprint density at radius 1 is 0.467 bits per heavy atom. The number of pyridine rings is 1. The molecule has 0 fully saturated rings. The number of nitrogens with zero attached hydrogens (tertiary/aromatic N) is 1. The molecule has 0 spiro atoms. The number of benzene rings is 2. The Labute approximate surface area is 171 Å². The normalized spacial score (nSPS) is 9.87. The molecule has 3 rings (SSSR count). The topological polar surface area (TPSA) is 129 Å².